The number of rotatable bonds is 8. The Morgan fingerprint density at radius 2 is 1.97 bits per heavy atom. The zero-order valence-corrected chi connectivity index (χ0v) is 20.0. The number of anilines is 1. The Labute approximate surface area is 206 Å². The van der Waals surface area contributed by atoms with Crippen LogP contribution in [0.5, 0.6) is 0 Å². The highest BCUT2D eigenvalue weighted by Crippen LogP contribution is 2.36. The Morgan fingerprint density at radius 1 is 1.17 bits per heavy atom. The Kier molecular flexibility index (Phi) is 6.69. The lowest BCUT2D eigenvalue weighted by atomic mass is 9.93. The van der Waals surface area contributed by atoms with Crippen LogP contribution in [0.4, 0.5) is 19.0 Å². The summed E-state index contributed by atoms with van der Waals surface area (Å²) in [7, 11) is 0. The maximum atomic E-state index is 12.9. The summed E-state index contributed by atoms with van der Waals surface area (Å²) in [5.41, 5.74) is 0.538. The number of β-amino-alcohol motifs (C(OH)–C–C–N with tert-alkyl or cyclic N) is 1. The van der Waals surface area contributed by atoms with E-state index in [-0.39, 0.29) is 17.7 Å². The summed E-state index contributed by atoms with van der Waals surface area (Å²) in [6, 6.07) is 4.71. The number of nitrogens with zero attached hydrogens (tertiary/aromatic N) is 6. The standard InChI is InChI=1S/C25H29F3N6O2/c1-16(35)11-32-8-6-18(21(36)14-32)13-33-9-7-20-23(33)30-15-31-24(20)34(19-3-4-19)12-17-2-5-22(29-10-17)25(26,27)28/h2,5,7,9-10,15,18-19,21,36H,3-4,6,8,11-14H2,1H3/t18?,21-/m0/s1. The van der Waals surface area contributed by atoms with Gasteiger partial charge < -0.3 is 14.6 Å². The van der Waals surface area contributed by atoms with Gasteiger partial charge in [-0.3, -0.25) is 14.7 Å². The number of carbonyl (C=O) groups is 1. The van der Waals surface area contributed by atoms with E-state index in [4.69, 9.17) is 0 Å². The van der Waals surface area contributed by atoms with E-state index >= 15 is 0 Å². The lowest BCUT2D eigenvalue weighted by Gasteiger charge is -2.35. The Hall–Kier alpha value is -3.05. The molecule has 0 radical (unpaired) electrons. The average Bonchev–Trinajstić information content (AvgIpc) is 3.59. The highest BCUT2D eigenvalue weighted by Gasteiger charge is 2.34. The van der Waals surface area contributed by atoms with Crippen LogP contribution < -0.4 is 4.90 Å². The second kappa shape index (κ2) is 9.78. The molecule has 1 saturated heterocycles. The third-order valence-corrected chi connectivity index (χ3v) is 6.95. The average molecular weight is 503 g/mol. The lowest BCUT2D eigenvalue weighted by molar-refractivity contribution is -0.141. The molecule has 1 aliphatic heterocycles. The molecule has 1 saturated carbocycles. The quantitative estimate of drug-likeness (QED) is 0.506. The molecule has 11 heteroatoms. The Morgan fingerprint density at radius 3 is 2.61 bits per heavy atom. The van der Waals surface area contributed by atoms with Gasteiger partial charge in [0, 0.05) is 44.0 Å². The zero-order chi connectivity index (χ0) is 25.4. The van der Waals surface area contributed by atoms with Crippen LogP contribution in [0.15, 0.2) is 36.9 Å². The minimum absolute atomic E-state index is 0.0416. The number of aliphatic hydroxyl groups is 1. The minimum atomic E-state index is -4.46. The number of pyridine rings is 1. The van der Waals surface area contributed by atoms with Crippen molar-refractivity contribution < 1.29 is 23.1 Å². The number of piperidine rings is 1. The first-order valence-corrected chi connectivity index (χ1v) is 12.2. The van der Waals surface area contributed by atoms with Crippen LogP contribution in [0.2, 0.25) is 0 Å². The minimum Gasteiger partial charge on any atom is -0.391 e. The van der Waals surface area contributed by atoms with Gasteiger partial charge in [0.05, 0.1) is 18.0 Å². The van der Waals surface area contributed by atoms with Gasteiger partial charge in [-0.2, -0.15) is 13.2 Å². The number of carbonyl (C=O) groups excluding carboxylic acids is 1. The highest BCUT2D eigenvalue weighted by atomic mass is 19.4. The van der Waals surface area contributed by atoms with Crippen molar-refractivity contribution in [2.45, 2.75) is 57.6 Å². The van der Waals surface area contributed by atoms with Gasteiger partial charge in [-0.25, -0.2) is 9.97 Å². The van der Waals surface area contributed by atoms with Crippen molar-refractivity contribution in [3.05, 3.63) is 48.2 Å². The maximum absolute atomic E-state index is 12.9. The summed E-state index contributed by atoms with van der Waals surface area (Å²) in [4.78, 5) is 28.2. The number of aliphatic hydroxyl groups excluding tert-OH is 1. The molecule has 2 atom stereocenters. The van der Waals surface area contributed by atoms with Gasteiger partial charge in [-0.05, 0) is 50.4 Å². The summed E-state index contributed by atoms with van der Waals surface area (Å²) < 4.78 is 40.7. The zero-order valence-electron chi connectivity index (χ0n) is 20.0. The van der Waals surface area contributed by atoms with Gasteiger partial charge in [0.25, 0.3) is 0 Å². The van der Waals surface area contributed by atoms with E-state index in [1.807, 2.05) is 21.7 Å². The number of hydrogen-bond acceptors (Lipinski definition) is 7. The van der Waals surface area contributed by atoms with Crippen molar-refractivity contribution in [2.75, 3.05) is 24.5 Å². The number of alkyl halides is 3. The van der Waals surface area contributed by atoms with Crippen LogP contribution in [0.25, 0.3) is 11.0 Å². The molecule has 1 N–H and O–H groups in total. The molecule has 2 fully saturated rings. The predicted octanol–water partition coefficient (Wildman–Crippen LogP) is 3.29. The Balaban J connectivity index is 1.34. The molecule has 4 heterocycles. The molecule has 0 aromatic carbocycles. The summed E-state index contributed by atoms with van der Waals surface area (Å²) in [5.74, 6) is 0.881. The van der Waals surface area contributed by atoms with E-state index in [0.717, 1.165) is 48.7 Å². The third kappa shape index (κ3) is 5.36. The van der Waals surface area contributed by atoms with Crippen molar-refractivity contribution in [3.63, 3.8) is 0 Å². The van der Waals surface area contributed by atoms with Gasteiger partial charge >= 0.3 is 6.18 Å². The first-order chi connectivity index (χ1) is 17.2. The molecule has 8 nitrogen and oxygen atoms in total. The first kappa shape index (κ1) is 24.6. The molecular formula is C25H29F3N6O2. The van der Waals surface area contributed by atoms with Gasteiger partial charge in [-0.1, -0.05) is 6.07 Å². The fraction of sp³-hybridized carbons (Fsp3) is 0.520. The molecule has 1 aliphatic carbocycles. The van der Waals surface area contributed by atoms with Crippen LogP contribution in [0.3, 0.4) is 0 Å². The molecule has 1 unspecified atom stereocenters. The van der Waals surface area contributed by atoms with E-state index < -0.39 is 18.0 Å². The molecule has 3 aromatic rings. The fourth-order valence-corrected chi connectivity index (χ4v) is 4.98. The topological polar surface area (TPSA) is 87.4 Å². The van der Waals surface area contributed by atoms with Crippen LogP contribution in [-0.4, -0.2) is 67.1 Å². The number of Topliss-reactive ketones (excluding diaryl/α,β-unsaturated/α-hetero) is 1. The molecule has 36 heavy (non-hydrogen) atoms. The van der Waals surface area contributed by atoms with Crippen LogP contribution in [0.1, 0.15) is 37.4 Å². The molecule has 2 aliphatic rings. The van der Waals surface area contributed by atoms with Crippen LogP contribution in [0, 0.1) is 5.92 Å². The van der Waals surface area contributed by atoms with Crippen molar-refractivity contribution in [2.24, 2.45) is 5.92 Å². The van der Waals surface area contributed by atoms with Gasteiger partial charge in [-0.15, -0.1) is 0 Å². The third-order valence-electron chi connectivity index (χ3n) is 6.95. The smallest absolute Gasteiger partial charge is 0.391 e. The number of likely N-dealkylation sites (tertiary alicyclic amines) is 1. The van der Waals surface area contributed by atoms with E-state index in [9.17, 15) is 23.1 Å². The summed E-state index contributed by atoms with van der Waals surface area (Å²) in [6.07, 6.45) is 2.50. The highest BCUT2D eigenvalue weighted by molar-refractivity contribution is 5.88. The molecule has 192 valence electrons. The number of fused-ring (bicyclic) bond motifs is 1. The lowest BCUT2D eigenvalue weighted by Crippen LogP contribution is -2.46. The van der Waals surface area contributed by atoms with Gasteiger partial charge in [0.2, 0.25) is 0 Å². The van der Waals surface area contributed by atoms with Crippen molar-refractivity contribution in [3.8, 4) is 0 Å². The molecule has 0 bridgehead atoms. The predicted molar refractivity (Wildman–Crippen MR) is 127 cm³/mol. The summed E-state index contributed by atoms with van der Waals surface area (Å²) >= 11 is 0. The molecule has 0 amide bonds. The summed E-state index contributed by atoms with van der Waals surface area (Å²) in [5, 5.41) is 11.6. The number of ketones is 1. The fourth-order valence-electron chi connectivity index (χ4n) is 4.98. The van der Waals surface area contributed by atoms with Crippen LogP contribution in [-0.2, 0) is 24.1 Å². The van der Waals surface area contributed by atoms with E-state index in [1.54, 1.807) is 6.92 Å². The summed E-state index contributed by atoms with van der Waals surface area (Å²) in [6.45, 7) is 4.15. The van der Waals surface area contributed by atoms with E-state index in [1.165, 1.54) is 18.6 Å². The molecule has 3 aromatic heterocycles. The molecule has 0 spiro atoms. The second-order valence-corrected chi connectivity index (χ2v) is 9.86. The largest absolute Gasteiger partial charge is 0.433 e. The number of halogens is 3. The van der Waals surface area contributed by atoms with Crippen molar-refractivity contribution in [1.29, 1.82) is 0 Å². The van der Waals surface area contributed by atoms with E-state index in [2.05, 4.69) is 19.9 Å². The number of hydrogen-bond donors (Lipinski definition) is 1. The normalized spacial score (nSPS) is 21.1. The maximum Gasteiger partial charge on any atom is 0.433 e. The SMILES string of the molecule is CC(=O)CN1CCC(Cn2ccc3c(N(Cc4ccc(C(F)(F)F)nc4)C4CC4)ncnc32)[C@@H](O)C1. The Bertz CT molecular complexity index is 1220. The van der Waals surface area contributed by atoms with Gasteiger partial charge in [0.1, 0.15) is 29.3 Å². The van der Waals surface area contributed by atoms with Crippen molar-refractivity contribution in [1.82, 2.24) is 24.4 Å². The number of aromatic nitrogens is 4. The van der Waals surface area contributed by atoms with Crippen molar-refractivity contribution >= 4 is 22.6 Å². The van der Waals surface area contributed by atoms with Crippen LogP contribution >= 0.6 is 0 Å². The monoisotopic (exact) mass is 502 g/mol. The molecular weight excluding hydrogens is 473 g/mol. The molecule has 5 rings (SSSR count). The first-order valence-electron chi connectivity index (χ1n) is 12.2. The second-order valence-electron chi connectivity index (χ2n) is 9.86. The van der Waals surface area contributed by atoms with Gasteiger partial charge in [0.15, 0.2) is 0 Å². The van der Waals surface area contributed by atoms with E-state index in [0.29, 0.717) is 31.7 Å².